The van der Waals surface area contributed by atoms with Gasteiger partial charge in [0.05, 0.1) is 6.42 Å². The van der Waals surface area contributed by atoms with Crippen molar-refractivity contribution in [3.05, 3.63) is 64.4 Å². The Hall–Kier alpha value is -1.88. The minimum absolute atomic E-state index is 0.0296. The van der Waals surface area contributed by atoms with Gasteiger partial charge in [0.15, 0.2) is 0 Å². The smallest absolute Gasteiger partial charge is 0.305 e. The maximum absolute atomic E-state index is 13.4. The van der Waals surface area contributed by atoms with Crippen molar-refractivity contribution in [2.75, 3.05) is 11.4 Å². The van der Waals surface area contributed by atoms with E-state index in [1.165, 1.54) is 12.1 Å². The van der Waals surface area contributed by atoms with E-state index in [9.17, 15) is 9.18 Å². The number of rotatable bonds is 6. The fourth-order valence-electron chi connectivity index (χ4n) is 2.04. The Morgan fingerprint density at radius 1 is 1.19 bits per heavy atom. The van der Waals surface area contributed by atoms with Crippen molar-refractivity contribution >= 4 is 27.6 Å². The number of hydrogen-bond donors (Lipinski definition) is 1. The van der Waals surface area contributed by atoms with Crippen molar-refractivity contribution in [3.8, 4) is 0 Å². The molecule has 5 heteroatoms. The summed E-state index contributed by atoms with van der Waals surface area (Å²) in [4.78, 5) is 12.7. The van der Waals surface area contributed by atoms with Crippen LogP contribution in [0.3, 0.4) is 0 Å². The quantitative estimate of drug-likeness (QED) is 0.852. The fourth-order valence-corrected chi connectivity index (χ4v) is 2.41. The number of carboxylic acid groups (broad SMARTS) is 1. The second-order valence-electron chi connectivity index (χ2n) is 4.64. The number of carbonyl (C=O) groups is 1. The Bertz CT molecular complexity index is 619. The normalized spacial score (nSPS) is 10.4. The first-order valence-corrected chi connectivity index (χ1v) is 7.31. The van der Waals surface area contributed by atoms with Crippen LogP contribution in [0.5, 0.6) is 0 Å². The van der Waals surface area contributed by atoms with E-state index in [4.69, 9.17) is 5.11 Å². The number of nitrogens with zero attached hydrogens (tertiary/aromatic N) is 1. The van der Waals surface area contributed by atoms with Crippen LogP contribution in [-0.2, 0) is 11.3 Å². The van der Waals surface area contributed by atoms with E-state index in [-0.39, 0.29) is 12.2 Å². The number of carboxylic acids is 1. The number of para-hydroxylation sites is 1. The average Bonchev–Trinajstić information content (AvgIpc) is 2.47. The van der Waals surface area contributed by atoms with Gasteiger partial charge < -0.3 is 10.0 Å². The van der Waals surface area contributed by atoms with Crippen molar-refractivity contribution in [1.29, 1.82) is 0 Å². The molecule has 0 atom stereocenters. The molecule has 0 radical (unpaired) electrons. The Balaban J connectivity index is 2.23. The third kappa shape index (κ3) is 4.56. The summed E-state index contributed by atoms with van der Waals surface area (Å²) in [5.74, 6) is -1.16. The van der Waals surface area contributed by atoms with Gasteiger partial charge in [-0.3, -0.25) is 4.79 Å². The Morgan fingerprint density at radius 3 is 2.57 bits per heavy atom. The molecule has 0 spiro atoms. The predicted octanol–water partition coefficient (Wildman–Crippen LogP) is 4.07. The molecule has 0 amide bonds. The van der Waals surface area contributed by atoms with Gasteiger partial charge in [-0.15, -0.1) is 0 Å². The Kier molecular flexibility index (Phi) is 5.33. The molecule has 0 bridgehead atoms. The lowest BCUT2D eigenvalue weighted by molar-refractivity contribution is -0.136. The average molecular weight is 352 g/mol. The first-order valence-electron chi connectivity index (χ1n) is 6.52. The summed E-state index contributed by atoms with van der Waals surface area (Å²) in [5.41, 5.74) is 1.69. The maximum Gasteiger partial charge on any atom is 0.305 e. The van der Waals surface area contributed by atoms with E-state index in [0.29, 0.717) is 13.1 Å². The van der Waals surface area contributed by atoms with Gasteiger partial charge in [0, 0.05) is 23.2 Å². The van der Waals surface area contributed by atoms with Gasteiger partial charge in [-0.2, -0.15) is 0 Å². The van der Waals surface area contributed by atoms with Crippen LogP contribution in [0.4, 0.5) is 10.1 Å². The monoisotopic (exact) mass is 351 g/mol. The van der Waals surface area contributed by atoms with Crippen LogP contribution in [0.1, 0.15) is 12.0 Å². The van der Waals surface area contributed by atoms with E-state index in [2.05, 4.69) is 15.9 Å². The molecule has 2 rings (SSSR count). The van der Waals surface area contributed by atoms with Gasteiger partial charge in [0.2, 0.25) is 0 Å². The second kappa shape index (κ2) is 7.22. The third-order valence-electron chi connectivity index (χ3n) is 3.09. The molecular formula is C16H15BrFNO2. The highest BCUT2D eigenvalue weighted by Gasteiger charge is 2.11. The van der Waals surface area contributed by atoms with Gasteiger partial charge in [0.1, 0.15) is 5.82 Å². The maximum atomic E-state index is 13.4. The van der Waals surface area contributed by atoms with Gasteiger partial charge in [-0.05, 0) is 35.9 Å². The van der Waals surface area contributed by atoms with Gasteiger partial charge in [-0.25, -0.2) is 4.39 Å². The molecule has 3 nitrogen and oxygen atoms in total. The zero-order valence-corrected chi connectivity index (χ0v) is 12.9. The van der Waals surface area contributed by atoms with Crippen LogP contribution in [0.15, 0.2) is 53.0 Å². The summed E-state index contributed by atoms with van der Waals surface area (Å²) < 4.78 is 14.2. The van der Waals surface area contributed by atoms with Crippen molar-refractivity contribution in [3.63, 3.8) is 0 Å². The van der Waals surface area contributed by atoms with Crippen molar-refractivity contribution in [1.82, 2.24) is 0 Å². The van der Waals surface area contributed by atoms with Gasteiger partial charge >= 0.3 is 5.97 Å². The summed E-state index contributed by atoms with van der Waals surface area (Å²) in [7, 11) is 0. The molecule has 1 N–H and O–H groups in total. The molecule has 0 aliphatic rings. The molecule has 0 heterocycles. The standard InChI is InChI=1S/C16H15BrFNO2/c17-15-7-6-13(18)10-12(15)11-19(9-8-16(20)21)14-4-2-1-3-5-14/h1-7,10H,8-9,11H2,(H,20,21). The molecule has 0 aliphatic heterocycles. The topological polar surface area (TPSA) is 40.5 Å². The molecule has 2 aromatic carbocycles. The highest BCUT2D eigenvalue weighted by Crippen LogP contribution is 2.23. The van der Waals surface area contributed by atoms with Gasteiger partial charge in [-0.1, -0.05) is 34.1 Å². The molecular weight excluding hydrogens is 337 g/mol. The summed E-state index contributed by atoms with van der Waals surface area (Å²) in [6.45, 7) is 0.804. The van der Waals surface area contributed by atoms with Crippen molar-refractivity contribution in [2.24, 2.45) is 0 Å². The predicted molar refractivity (Wildman–Crippen MR) is 83.8 cm³/mol. The SMILES string of the molecule is O=C(O)CCN(Cc1cc(F)ccc1Br)c1ccccc1. The molecule has 0 aromatic heterocycles. The minimum Gasteiger partial charge on any atom is -0.481 e. The highest BCUT2D eigenvalue weighted by atomic mass is 79.9. The first kappa shape index (κ1) is 15.5. The van der Waals surface area contributed by atoms with Crippen LogP contribution in [0.25, 0.3) is 0 Å². The van der Waals surface area contributed by atoms with E-state index in [0.717, 1.165) is 15.7 Å². The third-order valence-corrected chi connectivity index (χ3v) is 3.86. The molecule has 21 heavy (non-hydrogen) atoms. The summed E-state index contributed by atoms with van der Waals surface area (Å²) in [6, 6.07) is 14.0. The van der Waals surface area contributed by atoms with Crippen LogP contribution < -0.4 is 4.90 Å². The van der Waals surface area contributed by atoms with Crippen LogP contribution in [0.2, 0.25) is 0 Å². The Labute approximate surface area is 131 Å². The number of benzene rings is 2. The number of aliphatic carboxylic acids is 1. The largest absolute Gasteiger partial charge is 0.481 e. The van der Waals surface area contributed by atoms with Crippen molar-refractivity contribution in [2.45, 2.75) is 13.0 Å². The zero-order chi connectivity index (χ0) is 15.2. The molecule has 0 fully saturated rings. The summed E-state index contributed by atoms with van der Waals surface area (Å²) in [6.07, 6.45) is 0.0296. The molecule has 0 unspecified atom stereocenters. The molecule has 0 saturated carbocycles. The zero-order valence-electron chi connectivity index (χ0n) is 11.3. The van der Waals surface area contributed by atoms with E-state index in [1.807, 2.05) is 35.2 Å². The summed E-state index contributed by atoms with van der Waals surface area (Å²) >= 11 is 3.40. The highest BCUT2D eigenvalue weighted by molar-refractivity contribution is 9.10. The van der Waals surface area contributed by atoms with Crippen molar-refractivity contribution < 1.29 is 14.3 Å². The lowest BCUT2D eigenvalue weighted by atomic mass is 10.2. The van der Waals surface area contributed by atoms with Gasteiger partial charge in [0.25, 0.3) is 0 Å². The van der Waals surface area contributed by atoms with E-state index in [1.54, 1.807) is 6.07 Å². The lowest BCUT2D eigenvalue weighted by Crippen LogP contribution is -2.25. The first-order chi connectivity index (χ1) is 10.1. The fraction of sp³-hybridized carbons (Fsp3) is 0.188. The molecule has 0 aliphatic carbocycles. The molecule has 2 aromatic rings. The molecule has 0 saturated heterocycles. The number of anilines is 1. The van der Waals surface area contributed by atoms with E-state index < -0.39 is 5.97 Å². The second-order valence-corrected chi connectivity index (χ2v) is 5.49. The van der Waals surface area contributed by atoms with Crippen LogP contribution in [0, 0.1) is 5.82 Å². The Morgan fingerprint density at radius 2 is 1.90 bits per heavy atom. The molecule has 110 valence electrons. The number of hydrogen-bond acceptors (Lipinski definition) is 2. The van der Waals surface area contributed by atoms with E-state index >= 15 is 0 Å². The van der Waals surface area contributed by atoms with Crippen LogP contribution in [-0.4, -0.2) is 17.6 Å². The van der Waals surface area contributed by atoms with Crippen LogP contribution >= 0.6 is 15.9 Å². The minimum atomic E-state index is -0.853. The summed E-state index contributed by atoms with van der Waals surface area (Å²) in [5, 5.41) is 8.88. The number of halogens is 2. The lowest BCUT2D eigenvalue weighted by Gasteiger charge is -2.25.